The Hall–Kier alpha value is -1.61. The molecule has 0 aliphatic rings. The van der Waals surface area contributed by atoms with Crippen LogP contribution >= 0.6 is 0 Å². The summed E-state index contributed by atoms with van der Waals surface area (Å²) in [4.78, 5) is 10.5. The van der Waals surface area contributed by atoms with E-state index in [0.29, 0.717) is 0 Å². The van der Waals surface area contributed by atoms with E-state index in [4.69, 9.17) is 0 Å². The van der Waals surface area contributed by atoms with Crippen LogP contribution in [0.1, 0.15) is 25.5 Å². The molecule has 86 valence electrons. The van der Waals surface area contributed by atoms with Gasteiger partial charge in [0.05, 0.1) is 12.4 Å². The van der Waals surface area contributed by atoms with Crippen LogP contribution in [0.25, 0.3) is 0 Å². The number of carbonyl (C=O) groups is 1. The van der Waals surface area contributed by atoms with Crippen LogP contribution in [-0.2, 0) is 9.53 Å². The van der Waals surface area contributed by atoms with Crippen molar-refractivity contribution in [3.63, 3.8) is 0 Å². The van der Waals surface area contributed by atoms with E-state index in [-0.39, 0.29) is 11.9 Å². The molecular formula is C13H16O3. The van der Waals surface area contributed by atoms with Crippen LogP contribution in [0, 0.1) is 5.92 Å². The Morgan fingerprint density at radius 3 is 2.56 bits per heavy atom. The van der Waals surface area contributed by atoms with E-state index in [2.05, 4.69) is 4.74 Å². The lowest BCUT2D eigenvalue weighted by Gasteiger charge is -2.15. The fourth-order valence-corrected chi connectivity index (χ4v) is 1.32. The molecule has 0 bridgehead atoms. The van der Waals surface area contributed by atoms with E-state index < -0.39 is 6.10 Å². The number of carbonyl (C=O) groups excluding carboxylic acids is 1. The van der Waals surface area contributed by atoms with Crippen molar-refractivity contribution in [1.29, 1.82) is 0 Å². The van der Waals surface area contributed by atoms with Crippen molar-refractivity contribution in [2.75, 3.05) is 0 Å². The van der Waals surface area contributed by atoms with Crippen LogP contribution < -0.4 is 0 Å². The van der Waals surface area contributed by atoms with Crippen molar-refractivity contribution in [3.8, 4) is 0 Å². The summed E-state index contributed by atoms with van der Waals surface area (Å²) in [5.74, 6) is -0.473. The molecule has 1 aromatic carbocycles. The van der Waals surface area contributed by atoms with Crippen molar-refractivity contribution in [2.45, 2.75) is 20.0 Å². The Morgan fingerprint density at radius 1 is 1.38 bits per heavy atom. The van der Waals surface area contributed by atoms with Crippen LogP contribution in [0.4, 0.5) is 0 Å². The first-order valence-corrected chi connectivity index (χ1v) is 5.18. The summed E-state index contributed by atoms with van der Waals surface area (Å²) in [7, 11) is 0. The number of rotatable bonds is 4. The summed E-state index contributed by atoms with van der Waals surface area (Å²) in [5.41, 5.74) is 0.850. The van der Waals surface area contributed by atoms with E-state index in [1.165, 1.54) is 13.2 Å². The third kappa shape index (κ3) is 3.87. The highest BCUT2D eigenvalue weighted by molar-refractivity contribution is 5.66. The molecule has 0 aliphatic carbocycles. The molecule has 0 heterocycles. The second-order valence-corrected chi connectivity index (χ2v) is 3.65. The summed E-state index contributed by atoms with van der Waals surface area (Å²) in [6, 6.07) is 9.37. The molecule has 0 fully saturated rings. The van der Waals surface area contributed by atoms with E-state index >= 15 is 0 Å². The van der Waals surface area contributed by atoms with Gasteiger partial charge < -0.3 is 9.84 Å². The topological polar surface area (TPSA) is 46.5 Å². The fraction of sp³-hybridized carbons (Fsp3) is 0.308. The Morgan fingerprint density at radius 2 is 2.00 bits per heavy atom. The van der Waals surface area contributed by atoms with Gasteiger partial charge in [0.25, 0.3) is 0 Å². The molecule has 0 amide bonds. The average molecular weight is 220 g/mol. The van der Waals surface area contributed by atoms with Gasteiger partial charge in [0.1, 0.15) is 0 Å². The van der Waals surface area contributed by atoms with Crippen LogP contribution in [0.15, 0.2) is 42.7 Å². The molecule has 1 rings (SSSR count). The third-order valence-electron chi connectivity index (χ3n) is 2.26. The number of aliphatic hydroxyl groups excluding tert-OH is 1. The summed E-state index contributed by atoms with van der Waals surface area (Å²) < 4.78 is 4.67. The molecule has 3 heteroatoms. The van der Waals surface area contributed by atoms with Crippen LogP contribution in [0.2, 0.25) is 0 Å². The highest BCUT2D eigenvalue weighted by atomic mass is 16.5. The average Bonchev–Trinajstić information content (AvgIpc) is 2.28. The Balaban J connectivity index is 2.57. The summed E-state index contributed by atoms with van der Waals surface area (Å²) in [5, 5.41) is 9.96. The second kappa shape index (κ2) is 6.08. The normalized spacial score (nSPS) is 14.7. The molecule has 0 spiro atoms. The van der Waals surface area contributed by atoms with E-state index in [1.807, 2.05) is 37.3 Å². The predicted octanol–water partition coefficient (Wildman–Crippen LogP) is 2.43. The van der Waals surface area contributed by atoms with E-state index in [1.54, 1.807) is 6.08 Å². The SMILES string of the molecule is CC(=O)O/C=C\[C@@H](C)[C@@H](O)c1ccccc1. The largest absolute Gasteiger partial charge is 0.435 e. The van der Waals surface area contributed by atoms with Crippen molar-refractivity contribution >= 4 is 5.97 Å². The minimum Gasteiger partial charge on any atom is -0.435 e. The minimum atomic E-state index is -0.590. The number of hydrogen-bond acceptors (Lipinski definition) is 3. The van der Waals surface area contributed by atoms with Crippen LogP contribution in [0.3, 0.4) is 0 Å². The van der Waals surface area contributed by atoms with Gasteiger partial charge >= 0.3 is 5.97 Å². The molecule has 2 atom stereocenters. The number of esters is 1. The second-order valence-electron chi connectivity index (χ2n) is 3.65. The molecule has 0 saturated carbocycles. The summed E-state index contributed by atoms with van der Waals surface area (Å²) in [6.07, 6.45) is 2.39. The van der Waals surface area contributed by atoms with Gasteiger partial charge in [0.2, 0.25) is 0 Å². The standard InChI is InChI=1S/C13H16O3/c1-10(8-9-16-11(2)14)13(15)12-6-4-3-5-7-12/h3-10,13,15H,1-2H3/b9-8-/t10-,13-/m1/s1. The van der Waals surface area contributed by atoms with E-state index in [9.17, 15) is 9.90 Å². The smallest absolute Gasteiger partial charge is 0.307 e. The maximum absolute atomic E-state index is 10.5. The number of hydrogen-bond donors (Lipinski definition) is 1. The molecule has 0 saturated heterocycles. The Labute approximate surface area is 95.4 Å². The molecule has 3 nitrogen and oxygen atoms in total. The maximum Gasteiger partial charge on any atom is 0.307 e. The quantitative estimate of drug-likeness (QED) is 0.626. The highest BCUT2D eigenvalue weighted by Crippen LogP contribution is 2.22. The summed E-state index contributed by atoms with van der Waals surface area (Å²) in [6.45, 7) is 3.19. The van der Waals surface area contributed by atoms with Gasteiger partial charge in [-0.2, -0.15) is 0 Å². The van der Waals surface area contributed by atoms with Gasteiger partial charge in [0.15, 0.2) is 0 Å². The molecule has 0 radical (unpaired) electrons. The summed E-state index contributed by atoms with van der Waals surface area (Å²) >= 11 is 0. The van der Waals surface area contributed by atoms with Gasteiger partial charge in [-0.15, -0.1) is 0 Å². The van der Waals surface area contributed by atoms with Crippen LogP contribution in [0.5, 0.6) is 0 Å². The van der Waals surface area contributed by atoms with Gasteiger partial charge in [-0.05, 0) is 11.6 Å². The lowest BCUT2D eigenvalue weighted by molar-refractivity contribution is -0.135. The first-order chi connectivity index (χ1) is 7.61. The molecular weight excluding hydrogens is 204 g/mol. The third-order valence-corrected chi connectivity index (χ3v) is 2.26. The van der Waals surface area contributed by atoms with Gasteiger partial charge in [-0.3, -0.25) is 4.79 Å². The number of benzene rings is 1. The lowest BCUT2D eigenvalue weighted by Crippen LogP contribution is -2.06. The van der Waals surface area contributed by atoms with Crippen LogP contribution in [-0.4, -0.2) is 11.1 Å². The monoisotopic (exact) mass is 220 g/mol. The molecule has 0 unspecified atom stereocenters. The van der Waals surface area contributed by atoms with Crippen molar-refractivity contribution < 1.29 is 14.6 Å². The molecule has 16 heavy (non-hydrogen) atoms. The first-order valence-electron chi connectivity index (χ1n) is 5.18. The number of ether oxygens (including phenoxy) is 1. The van der Waals surface area contributed by atoms with Gasteiger partial charge in [0, 0.05) is 12.8 Å². The first kappa shape index (κ1) is 12.5. The highest BCUT2D eigenvalue weighted by Gasteiger charge is 2.13. The molecule has 1 aromatic rings. The lowest BCUT2D eigenvalue weighted by atomic mass is 9.98. The number of aliphatic hydroxyl groups is 1. The fourth-order valence-electron chi connectivity index (χ4n) is 1.32. The minimum absolute atomic E-state index is 0.109. The van der Waals surface area contributed by atoms with Crippen molar-refractivity contribution in [2.24, 2.45) is 5.92 Å². The zero-order valence-electron chi connectivity index (χ0n) is 9.46. The van der Waals surface area contributed by atoms with E-state index in [0.717, 1.165) is 5.56 Å². The Kier molecular flexibility index (Phi) is 4.73. The Bertz CT molecular complexity index is 357. The van der Waals surface area contributed by atoms with Gasteiger partial charge in [-0.25, -0.2) is 0 Å². The molecule has 1 N–H and O–H groups in total. The maximum atomic E-state index is 10.5. The van der Waals surface area contributed by atoms with Crippen molar-refractivity contribution in [3.05, 3.63) is 48.2 Å². The molecule has 0 aliphatic heterocycles. The molecule has 0 aromatic heterocycles. The zero-order chi connectivity index (χ0) is 12.0. The predicted molar refractivity (Wildman–Crippen MR) is 61.5 cm³/mol. The zero-order valence-corrected chi connectivity index (χ0v) is 9.46. The van der Waals surface area contributed by atoms with Crippen molar-refractivity contribution in [1.82, 2.24) is 0 Å². The van der Waals surface area contributed by atoms with Gasteiger partial charge in [-0.1, -0.05) is 37.3 Å².